The van der Waals surface area contributed by atoms with Crippen molar-refractivity contribution in [2.45, 2.75) is 25.5 Å². The molecule has 4 heteroatoms. The first-order valence-corrected chi connectivity index (χ1v) is 4.76. The van der Waals surface area contributed by atoms with Crippen molar-refractivity contribution in [3.05, 3.63) is 24.0 Å². The Labute approximate surface area is 82.1 Å². The third kappa shape index (κ3) is 1.96. The average molecular weight is 195 g/mol. The number of aromatic nitrogens is 1. The molecule has 1 aliphatic rings. The van der Waals surface area contributed by atoms with Crippen molar-refractivity contribution >= 4 is 5.97 Å². The predicted octanol–water partition coefficient (Wildman–Crippen LogP) is 1.37. The summed E-state index contributed by atoms with van der Waals surface area (Å²) >= 11 is 0. The molecule has 76 valence electrons. The quantitative estimate of drug-likeness (QED) is 0.792. The van der Waals surface area contributed by atoms with Gasteiger partial charge in [-0.1, -0.05) is 0 Å². The number of rotatable bonds is 3. The molecule has 1 aromatic heterocycles. The molecule has 2 heterocycles. The number of hydrogen-bond donors (Lipinski definition) is 1. The predicted molar refractivity (Wildman–Crippen MR) is 50.4 cm³/mol. The second-order valence-corrected chi connectivity index (χ2v) is 3.54. The van der Waals surface area contributed by atoms with E-state index in [2.05, 4.69) is 0 Å². The summed E-state index contributed by atoms with van der Waals surface area (Å²) in [5.74, 6) is -0.879. The van der Waals surface area contributed by atoms with Crippen LogP contribution in [0.4, 0.5) is 0 Å². The lowest BCUT2D eigenvalue weighted by Gasteiger charge is -2.09. The van der Waals surface area contributed by atoms with Crippen LogP contribution in [0.2, 0.25) is 0 Å². The average Bonchev–Trinajstić information content (AvgIpc) is 2.75. The smallest absolute Gasteiger partial charge is 0.337 e. The van der Waals surface area contributed by atoms with Crippen molar-refractivity contribution in [3.63, 3.8) is 0 Å². The van der Waals surface area contributed by atoms with Crippen LogP contribution in [-0.4, -0.2) is 28.4 Å². The van der Waals surface area contributed by atoms with Gasteiger partial charge in [-0.05, 0) is 18.9 Å². The van der Waals surface area contributed by atoms with Gasteiger partial charge in [-0.25, -0.2) is 4.79 Å². The van der Waals surface area contributed by atoms with E-state index in [9.17, 15) is 4.79 Å². The molecule has 0 amide bonds. The first-order chi connectivity index (χ1) is 6.75. The van der Waals surface area contributed by atoms with Gasteiger partial charge < -0.3 is 14.4 Å². The summed E-state index contributed by atoms with van der Waals surface area (Å²) in [7, 11) is 0. The molecular weight excluding hydrogens is 182 g/mol. The standard InChI is InChI=1S/C10H13NO3/c12-10(13)8-3-4-11(6-8)7-9-2-1-5-14-9/h3-4,6,9H,1-2,5,7H2,(H,12,13)/t9-/m1/s1. The summed E-state index contributed by atoms with van der Waals surface area (Å²) in [6, 6.07) is 1.61. The van der Waals surface area contributed by atoms with E-state index < -0.39 is 5.97 Å². The van der Waals surface area contributed by atoms with Crippen LogP contribution in [0.3, 0.4) is 0 Å². The maximum absolute atomic E-state index is 10.6. The van der Waals surface area contributed by atoms with Crippen LogP contribution in [0.5, 0.6) is 0 Å². The van der Waals surface area contributed by atoms with Gasteiger partial charge in [0.1, 0.15) is 0 Å². The fourth-order valence-corrected chi connectivity index (χ4v) is 1.70. The minimum Gasteiger partial charge on any atom is -0.478 e. The molecule has 2 rings (SSSR count). The highest BCUT2D eigenvalue weighted by molar-refractivity contribution is 5.87. The lowest BCUT2D eigenvalue weighted by Crippen LogP contribution is -2.13. The van der Waals surface area contributed by atoms with Crippen LogP contribution >= 0.6 is 0 Å². The summed E-state index contributed by atoms with van der Waals surface area (Å²) < 4.78 is 7.33. The zero-order valence-electron chi connectivity index (χ0n) is 7.85. The monoisotopic (exact) mass is 195 g/mol. The summed E-state index contributed by atoms with van der Waals surface area (Å²) in [6.07, 6.45) is 5.86. The van der Waals surface area contributed by atoms with Crippen LogP contribution in [-0.2, 0) is 11.3 Å². The van der Waals surface area contributed by atoms with E-state index in [1.54, 1.807) is 18.5 Å². The Morgan fingerprint density at radius 2 is 2.57 bits per heavy atom. The summed E-state index contributed by atoms with van der Waals surface area (Å²) in [6.45, 7) is 1.59. The van der Waals surface area contributed by atoms with Crippen LogP contribution in [0.1, 0.15) is 23.2 Å². The van der Waals surface area contributed by atoms with Crippen LogP contribution < -0.4 is 0 Å². The van der Waals surface area contributed by atoms with Gasteiger partial charge in [-0.15, -0.1) is 0 Å². The van der Waals surface area contributed by atoms with Crippen molar-refractivity contribution in [2.75, 3.05) is 6.61 Å². The van der Waals surface area contributed by atoms with E-state index in [-0.39, 0.29) is 6.10 Å². The summed E-state index contributed by atoms with van der Waals surface area (Å²) in [5, 5.41) is 8.71. The minimum absolute atomic E-state index is 0.254. The topological polar surface area (TPSA) is 51.5 Å². The first-order valence-electron chi connectivity index (χ1n) is 4.76. The Morgan fingerprint density at radius 3 is 3.14 bits per heavy atom. The van der Waals surface area contributed by atoms with Gasteiger partial charge in [0.05, 0.1) is 11.7 Å². The van der Waals surface area contributed by atoms with E-state index in [4.69, 9.17) is 9.84 Å². The van der Waals surface area contributed by atoms with Gasteiger partial charge in [-0.3, -0.25) is 0 Å². The van der Waals surface area contributed by atoms with Crippen LogP contribution in [0.15, 0.2) is 18.5 Å². The van der Waals surface area contributed by atoms with Gasteiger partial charge in [0.2, 0.25) is 0 Å². The number of ether oxygens (including phenoxy) is 1. The molecule has 0 unspecified atom stereocenters. The van der Waals surface area contributed by atoms with Crippen molar-refractivity contribution in [3.8, 4) is 0 Å². The van der Waals surface area contributed by atoms with Crippen LogP contribution in [0, 0.1) is 0 Å². The normalized spacial score (nSPS) is 21.3. The zero-order chi connectivity index (χ0) is 9.97. The fourth-order valence-electron chi connectivity index (χ4n) is 1.70. The highest BCUT2D eigenvalue weighted by Crippen LogP contribution is 2.14. The maximum atomic E-state index is 10.6. The molecular formula is C10H13NO3. The molecule has 0 saturated carbocycles. The Morgan fingerprint density at radius 1 is 1.71 bits per heavy atom. The van der Waals surface area contributed by atoms with Gasteiger partial charge >= 0.3 is 5.97 Å². The molecule has 0 radical (unpaired) electrons. The second-order valence-electron chi connectivity index (χ2n) is 3.54. The molecule has 0 aromatic carbocycles. The minimum atomic E-state index is -0.879. The Balaban J connectivity index is 1.98. The number of carboxylic acid groups (broad SMARTS) is 1. The fraction of sp³-hybridized carbons (Fsp3) is 0.500. The van der Waals surface area contributed by atoms with Gasteiger partial charge in [-0.2, -0.15) is 0 Å². The molecule has 14 heavy (non-hydrogen) atoms. The first kappa shape index (κ1) is 9.27. The third-order valence-corrected chi connectivity index (χ3v) is 2.44. The number of nitrogens with zero attached hydrogens (tertiary/aromatic N) is 1. The highest BCUT2D eigenvalue weighted by Gasteiger charge is 2.16. The molecule has 1 fully saturated rings. The van der Waals surface area contributed by atoms with Crippen molar-refractivity contribution in [1.29, 1.82) is 0 Å². The van der Waals surface area contributed by atoms with E-state index in [1.165, 1.54) is 0 Å². The number of carboxylic acids is 1. The second kappa shape index (κ2) is 3.84. The lowest BCUT2D eigenvalue weighted by molar-refractivity contribution is 0.0695. The Bertz CT molecular complexity index is 326. The largest absolute Gasteiger partial charge is 0.478 e. The van der Waals surface area contributed by atoms with Crippen LogP contribution in [0.25, 0.3) is 0 Å². The molecule has 1 aromatic rings. The Hall–Kier alpha value is -1.29. The molecule has 0 spiro atoms. The molecule has 1 saturated heterocycles. The van der Waals surface area contributed by atoms with Crippen molar-refractivity contribution in [2.24, 2.45) is 0 Å². The summed E-state index contributed by atoms with van der Waals surface area (Å²) in [5.41, 5.74) is 0.336. The third-order valence-electron chi connectivity index (χ3n) is 2.44. The van der Waals surface area contributed by atoms with Gasteiger partial charge in [0, 0.05) is 25.5 Å². The van der Waals surface area contributed by atoms with Crippen molar-refractivity contribution in [1.82, 2.24) is 4.57 Å². The Kier molecular flexibility index (Phi) is 2.54. The molecule has 1 N–H and O–H groups in total. The zero-order valence-corrected chi connectivity index (χ0v) is 7.85. The lowest BCUT2D eigenvalue weighted by atomic mass is 10.2. The van der Waals surface area contributed by atoms with Gasteiger partial charge in [0.15, 0.2) is 0 Å². The maximum Gasteiger partial charge on any atom is 0.337 e. The molecule has 0 bridgehead atoms. The molecule has 4 nitrogen and oxygen atoms in total. The molecule has 1 atom stereocenters. The van der Waals surface area contributed by atoms with E-state index >= 15 is 0 Å². The highest BCUT2D eigenvalue weighted by atomic mass is 16.5. The van der Waals surface area contributed by atoms with Crippen molar-refractivity contribution < 1.29 is 14.6 Å². The molecule has 0 aliphatic carbocycles. The number of aromatic carboxylic acids is 1. The van der Waals surface area contributed by atoms with E-state index in [0.717, 1.165) is 26.0 Å². The summed E-state index contributed by atoms with van der Waals surface area (Å²) in [4.78, 5) is 10.6. The van der Waals surface area contributed by atoms with Gasteiger partial charge in [0.25, 0.3) is 0 Å². The SMILES string of the molecule is O=C(O)c1ccn(C[C@H]2CCCO2)c1. The molecule has 1 aliphatic heterocycles. The van der Waals surface area contributed by atoms with E-state index in [1.807, 2.05) is 4.57 Å². The van der Waals surface area contributed by atoms with E-state index in [0.29, 0.717) is 5.56 Å². The number of carbonyl (C=O) groups is 1. The number of hydrogen-bond acceptors (Lipinski definition) is 2.